The van der Waals surface area contributed by atoms with E-state index in [1.807, 2.05) is 13.0 Å². The molecule has 0 aliphatic carbocycles. The lowest BCUT2D eigenvalue weighted by atomic mass is 10.2. The highest BCUT2D eigenvalue weighted by Crippen LogP contribution is 2.30. The Labute approximate surface area is 182 Å². The molecule has 0 saturated carbocycles. The van der Waals surface area contributed by atoms with Crippen LogP contribution in [0.4, 0.5) is 5.00 Å². The van der Waals surface area contributed by atoms with Gasteiger partial charge in [0, 0.05) is 0 Å². The molecule has 0 atom stereocenters. The molecule has 9 nitrogen and oxygen atoms in total. The highest BCUT2D eigenvalue weighted by molar-refractivity contribution is 7.14. The number of aromatic nitrogens is 1. The minimum atomic E-state index is -0.697. The second-order valence-electron chi connectivity index (χ2n) is 6.36. The van der Waals surface area contributed by atoms with Crippen LogP contribution in [-0.4, -0.2) is 30.7 Å². The topological polar surface area (TPSA) is 124 Å². The number of benzene rings is 1. The van der Waals surface area contributed by atoms with Crippen LogP contribution in [0, 0.1) is 25.2 Å². The number of esters is 1. The molecule has 0 aliphatic heterocycles. The summed E-state index contributed by atoms with van der Waals surface area (Å²) in [5.41, 5.74) is 2.12. The van der Waals surface area contributed by atoms with E-state index in [1.165, 1.54) is 30.6 Å². The van der Waals surface area contributed by atoms with Crippen LogP contribution in [-0.2, 0) is 16.1 Å². The smallest absolute Gasteiger partial charge is 0.338 e. The maximum atomic E-state index is 12.3. The van der Waals surface area contributed by atoms with Gasteiger partial charge in [0.1, 0.15) is 23.4 Å². The molecular weight excluding hydrogens is 422 g/mol. The molecule has 2 heterocycles. The molecule has 3 aromatic rings. The van der Waals surface area contributed by atoms with Crippen LogP contribution in [0.15, 0.2) is 34.2 Å². The number of rotatable bonds is 8. The summed E-state index contributed by atoms with van der Waals surface area (Å²) >= 11 is 1.21. The van der Waals surface area contributed by atoms with Crippen molar-refractivity contribution in [2.75, 3.05) is 19.0 Å². The lowest BCUT2D eigenvalue weighted by Crippen LogP contribution is -2.20. The number of aryl methyl sites for hydroxylation is 2. The number of hydrogen-bond donors (Lipinski definition) is 1. The number of anilines is 1. The van der Waals surface area contributed by atoms with Crippen molar-refractivity contribution in [1.29, 1.82) is 5.26 Å². The molecular formula is C21H19N3O6S. The van der Waals surface area contributed by atoms with Crippen molar-refractivity contribution >= 4 is 28.2 Å². The Hall–Kier alpha value is -3.84. The van der Waals surface area contributed by atoms with Crippen molar-refractivity contribution in [3.8, 4) is 17.6 Å². The summed E-state index contributed by atoms with van der Waals surface area (Å²) < 4.78 is 21.3. The highest BCUT2D eigenvalue weighted by atomic mass is 32.1. The molecule has 1 aromatic carbocycles. The molecule has 0 spiro atoms. The first-order valence-electron chi connectivity index (χ1n) is 9.10. The fraction of sp³-hybridized carbons (Fsp3) is 0.238. The van der Waals surface area contributed by atoms with Gasteiger partial charge in [-0.05, 0) is 43.5 Å². The number of ether oxygens (including phenoxy) is 3. The van der Waals surface area contributed by atoms with E-state index >= 15 is 0 Å². The first-order valence-corrected chi connectivity index (χ1v) is 9.98. The molecule has 0 saturated heterocycles. The lowest BCUT2D eigenvalue weighted by Gasteiger charge is -2.12. The van der Waals surface area contributed by atoms with E-state index in [2.05, 4.69) is 10.5 Å². The fourth-order valence-electron chi connectivity index (χ4n) is 2.64. The van der Waals surface area contributed by atoms with Gasteiger partial charge >= 0.3 is 5.97 Å². The lowest BCUT2D eigenvalue weighted by molar-refractivity contribution is -0.119. The molecule has 0 fully saturated rings. The predicted octanol–water partition coefficient (Wildman–Crippen LogP) is 3.61. The number of nitriles is 1. The second-order valence-corrected chi connectivity index (χ2v) is 7.27. The van der Waals surface area contributed by atoms with Crippen molar-refractivity contribution < 1.29 is 28.3 Å². The second kappa shape index (κ2) is 9.77. The first-order chi connectivity index (χ1) is 14.9. The van der Waals surface area contributed by atoms with Gasteiger partial charge < -0.3 is 24.1 Å². The molecule has 0 bridgehead atoms. The van der Waals surface area contributed by atoms with Crippen molar-refractivity contribution in [3.05, 3.63) is 57.8 Å². The van der Waals surface area contributed by atoms with Gasteiger partial charge in [0.05, 0.1) is 29.5 Å². The molecule has 0 unspecified atom stereocenters. The van der Waals surface area contributed by atoms with E-state index in [0.29, 0.717) is 27.8 Å². The van der Waals surface area contributed by atoms with Gasteiger partial charge in [-0.3, -0.25) is 4.79 Å². The normalized spacial score (nSPS) is 10.3. The minimum Gasteiger partial charge on any atom is -0.493 e. The number of carbonyl (C=O) groups is 2. The Morgan fingerprint density at radius 1 is 1.26 bits per heavy atom. The summed E-state index contributed by atoms with van der Waals surface area (Å²) in [6.45, 7) is 3.36. The summed E-state index contributed by atoms with van der Waals surface area (Å²) in [4.78, 5) is 24.3. The highest BCUT2D eigenvalue weighted by Gasteiger charge is 2.16. The number of nitrogens with zero attached hydrogens (tertiary/aromatic N) is 2. The number of carbonyl (C=O) groups excluding carboxylic acids is 2. The number of nitrogens with one attached hydrogen (secondary N) is 1. The molecule has 1 N–H and O–H groups in total. The van der Waals surface area contributed by atoms with E-state index in [4.69, 9.17) is 24.0 Å². The number of amides is 1. The van der Waals surface area contributed by atoms with Crippen LogP contribution >= 0.6 is 11.3 Å². The van der Waals surface area contributed by atoms with Gasteiger partial charge in [0.25, 0.3) is 5.91 Å². The first kappa shape index (κ1) is 21.9. The van der Waals surface area contributed by atoms with E-state index in [1.54, 1.807) is 24.4 Å². The summed E-state index contributed by atoms with van der Waals surface area (Å²) in [6, 6.07) is 8.12. The average Bonchev–Trinajstić information content (AvgIpc) is 3.35. The maximum absolute atomic E-state index is 12.3. The van der Waals surface area contributed by atoms with Crippen molar-refractivity contribution in [1.82, 2.24) is 5.16 Å². The molecule has 1 amide bonds. The van der Waals surface area contributed by atoms with E-state index in [0.717, 1.165) is 11.3 Å². The predicted molar refractivity (Wildman–Crippen MR) is 111 cm³/mol. The average molecular weight is 441 g/mol. The maximum Gasteiger partial charge on any atom is 0.338 e. The summed E-state index contributed by atoms with van der Waals surface area (Å²) in [7, 11) is 1.45. The van der Waals surface area contributed by atoms with Crippen LogP contribution in [0.3, 0.4) is 0 Å². The van der Waals surface area contributed by atoms with E-state index < -0.39 is 18.5 Å². The van der Waals surface area contributed by atoms with Crippen LogP contribution in [0.25, 0.3) is 0 Å². The molecule has 0 radical (unpaired) electrons. The van der Waals surface area contributed by atoms with Crippen LogP contribution in [0.5, 0.6) is 11.5 Å². The van der Waals surface area contributed by atoms with Gasteiger partial charge in [0.15, 0.2) is 18.1 Å². The molecule has 31 heavy (non-hydrogen) atoms. The third-order valence-corrected chi connectivity index (χ3v) is 5.16. The molecule has 2 aromatic heterocycles. The van der Waals surface area contributed by atoms with Gasteiger partial charge in [-0.15, -0.1) is 11.3 Å². The molecule has 10 heteroatoms. The summed E-state index contributed by atoms with van der Waals surface area (Å²) in [6.07, 6.45) is 0. The number of thiophene rings is 1. The minimum absolute atomic E-state index is 0.197. The van der Waals surface area contributed by atoms with Crippen molar-refractivity contribution in [3.63, 3.8) is 0 Å². The Kier molecular flexibility index (Phi) is 6.89. The zero-order chi connectivity index (χ0) is 22.4. The third kappa shape index (κ3) is 5.21. The monoisotopic (exact) mass is 441 g/mol. The Bertz CT molecular complexity index is 1120. The van der Waals surface area contributed by atoms with Gasteiger partial charge in [0.2, 0.25) is 0 Å². The molecule has 0 aliphatic rings. The molecule has 160 valence electrons. The Morgan fingerprint density at radius 2 is 2.06 bits per heavy atom. The summed E-state index contributed by atoms with van der Waals surface area (Å²) in [5, 5.41) is 17.5. The summed E-state index contributed by atoms with van der Waals surface area (Å²) in [5.74, 6) is 0.192. The van der Waals surface area contributed by atoms with Crippen LogP contribution in [0.2, 0.25) is 0 Å². The largest absolute Gasteiger partial charge is 0.493 e. The van der Waals surface area contributed by atoms with Gasteiger partial charge in [-0.1, -0.05) is 5.16 Å². The SMILES string of the molecule is COc1cc(C(=O)OCC(=O)Nc2sccc2C#N)ccc1OCc1c(C)noc1C. The van der Waals surface area contributed by atoms with Crippen LogP contribution in [0.1, 0.15) is 32.9 Å². The molecule has 3 rings (SSSR count). The third-order valence-electron chi connectivity index (χ3n) is 4.33. The van der Waals surface area contributed by atoms with Gasteiger partial charge in [-0.25, -0.2) is 4.79 Å². The number of methoxy groups -OCH3 is 1. The number of hydrogen-bond acceptors (Lipinski definition) is 9. The van der Waals surface area contributed by atoms with E-state index in [9.17, 15) is 9.59 Å². The van der Waals surface area contributed by atoms with E-state index in [-0.39, 0.29) is 12.2 Å². The Balaban J connectivity index is 1.60. The van der Waals surface area contributed by atoms with Crippen molar-refractivity contribution in [2.45, 2.75) is 20.5 Å². The Morgan fingerprint density at radius 3 is 2.74 bits per heavy atom. The zero-order valence-electron chi connectivity index (χ0n) is 17.1. The zero-order valence-corrected chi connectivity index (χ0v) is 17.9. The fourth-order valence-corrected chi connectivity index (χ4v) is 3.40. The van der Waals surface area contributed by atoms with Crippen LogP contribution < -0.4 is 14.8 Å². The van der Waals surface area contributed by atoms with Gasteiger partial charge in [-0.2, -0.15) is 5.26 Å². The standard InChI is InChI=1S/C21H19N3O6S/c1-12-16(13(2)30-24-12)10-28-17-5-4-14(8-18(17)27-3)21(26)29-11-19(25)23-20-15(9-22)6-7-31-20/h4-8H,10-11H2,1-3H3,(H,23,25). The van der Waals surface area contributed by atoms with Crippen molar-refractivity contribution in [2.24, 2.45) is 0 Å². The quantitative estimate of drug-likeness (QED) is 0.526.